The smallest absolute Gasteiger partial charge is 0.185 e. The molecule has 0 aliphatic heterocycles. The highest BCUT2D eigenvalue weighted by atomic mass is 19.2. The maximum atomic E-state index is 13.0. The molecular formula is C15H10F2O2. The van der Waals surface area contributed by atoms with Crippen molar-refractivity contribution in [3.63, 3.8) is 0 Å². The van der Waals surface area contributed by atoms with Gasteiger partial charge >= 0.3 is 0 Å². The fraction of sp³-hybridized carbons (Fsp3) is 0. The second-order valence-electron chi connectivity index (χ2n) is 3.92. The van der Waals surface area contributed by atoms with Gasteiger partial charge in [-0.3, -0.25) is 4.79 Å². The molecule has 0 aliphatic carbocycles. The third kappa shape index (κ3) is 3.25. The molecule has 0 fully saturated rings. The van der Waals surface area contributed by atoms with Crippen molar-refractivity contribution in [3.8, 4) is 5.75 Å². The van der Waals surface area contributed by atoms with Crippen molar-refractivity contribution in [1.82, 2.24) is 0 Å². The molecule has 19 heavy (non-hydrogen) atoms. The lowest BCUT2D eigenvalue weighted by Crippen LogP contribution is -1.96. The number of hydrogen-bond donors (Lipinski definition) is 1. The molecule has 0 amide bonds. The van der Waals surface area contributed by atoms with E-state index in [0.717, 1.165) is 12.1 Å². The van der Waals surface area contributed by atoms with E-state index in [-0.39, 0.29) is 11.3 Å². The molecule has 0 bridgehead atoms. The lowest BCUT2D eigenvalue weighted by atomic mass is 10.1. The first-order valence-corrected chi connectivity index (χ1v) is 5.53. The average Bonchev–Trinajstić information content (AvgIpc) is 2.41. The molecule has 2 aromatic carbocycles. The van der Waals surface area contributed by atoms with Crippen LogP contribution >= 0.6 is 0 Å². The van der Waals surface area contributed by atoms with Crippen molar-refractivity contribution in [1.29, 1.82) is 0 Å². The van der Waals surface area contributed by atoms with Gasteiger partial charge in [0.15, 0.2) is 17.4 Å². The lowest BCUT2D eigenvalue weighted by Gasteiger charge is -1.98. The van der Waals surface area contributed by atoms with Crippen LogP contribution in [-0.2, 0) is 0 Å². The van der Waals surface area contributed by atoms with Gasteiger partial charge in [0.2, 0.25) is 0 Å². The van der Waals surface area contributed by atoms with E-state index in [1.165, 1.54) is 30.4 Å². The summed E-state index contributed by atoms with van der Waals surface area (Å²) in [6.07, 6.45) is 2.79. The Morgan fingerprint density at radius 3 is 2.32 bits per heavy atom. The Balaban J connectivity index is 2.16. The number of phenols is 1. The predicted molar refractivity (Wildman–Crippen MR) is 67.8 cm³/mol. The van der Waals surface area contributed by atoms with Gasteiger partial charge in [0.1, 0.15) is 5.75 Å². The molecule has 0 saturated heterocycles. The van der Waals surface area contributed by atoms with E-state index >= 15 is 0 Å². The largest absolute Gasteiger partial charge is 0.508 e. The lowest BCUT2D eigenvalue weighted by molar-refractivity contribution is 0.104. The maximum absolute atomic E-state index is 13.0. The Labute approximate surface area is 108 Å². The van der Waals surface area contributed by atoms with Crippen molar-refractivity contribution in [2.75, 3.05) is 0 Å². The van der Waals surface area contributed by atoms with Gasteiger partial charge < -0.3 is 5.11 Å². The number of carbonyl (C=O) groups is 1. The molecule has 96 valence electrons. The first-order valence-electron chi connectivity index (χ1n) is 5.53. The monoisotopic (exact) mass is 260 g/mol. The van der Waals surface area contributed by atoms with Crippen molar-refractivity contribution in [2.45, 2.75) is 0 Å². The van der Waals surface area contributed by atoms with E-state index in [2.05, 4.69) is 0 Å². The van der Waals surface area contributed by atoms with Gasteiger partial charge in [-0.05, 0) is 42.0 Å². The van der Waals surface area contributed by atoms with E-state index in [1.54, 1.807) is 12.1 Å². The average molecular weight is 260 g/mol. The first-order chi connectivity index (χ1) is 9.06. The summed E-state index contributed by atoms with van der Waals surface area (Å²) < 4.78 is 25.7. The summed E-state index contributed by atoms with van der Waals surface area (Å²) in [6, 6.07) is 9.23. The molecule has 1 N–H and O–H groups in total. The van der Waals surface area contributed by atoms with Crippen LogP contribution in [0.4, 0.5) is 8.78 Å². The van der Waals surface area contributed by atoms with Gasteiger partial charge in [-0.15, -0.1) is 0 Å². The van der Waals surface area contributed by atoms with Gasteiger partial charge in [0.25, 0.3) is 0 Å². The van der Waals surface area contributed by atoms with Crippen molar-refractivity contribution in [2.24, 2.45) is 0 Å². The molecule has 0 spiro atoms. The molecule has 0 aliphatic rings. The minimum atomic E-state index is -1.05. The zero-order valence-corrected chi connectivity index (χ0v) is 9.81. The molecule has 0 atom stereocenters. The Bertz CT molecular complexity index is 631. The van der Waals surface area contributed by atoms with Gasteiger partial charge in [-0.2, -0.15) is 0 Å². The number of rotatable bonds is 3. The Hall–Kier alpha value is -2.49. The fourth-order valence-electron chi connectivity index (χ4n) is 1.50. The number of hydrogen-bond acceptors (Lipinski definition) is 2. The molecule has 0 radical (unpaired) electrons. The highest BCUT2D eigenvalue weighted by molar-refractivity contribution is 6.06. The topological polar surface area (TPSA) is 37.3 Å². The van der Waals surface area contributed by atoms with Crippen molar-refractivity contribution >= 4 is 11.9 Å². The molecule has 0 aromatic heterocycles. The number of phenolic OH excluding ortho intramolecular Hbond substituents is 1. The third-order valence-electron chi connectivity index (χ3n) is 2.52. The van der Waals surface area contributed by atoms with E-state index in [0.29, 0.717) is 5.56 Å². The minimum absolute atomic E-state index is 0.0777. The summed E-state index contributed by atoms with van der Waals surface area (Å²) in [4.78, 5) is 11.7. The Morgan fingerprint density at radius 2 is 1.68 bits per heavy atom. The Morgan fingerprint density at radius 1 is 1.00 bits per heavy atom. The van der Waals surface area contributed by atoms with Crippen LogP contribution in [0.25, 0.3) is 6.08 Å². The van der Waals surface area contributed by atoms with Crippen LogP contribution in [0.1, 0.15) is 15.9 Å². The second-order valence-corrected chi connectivity index (χ2v) is 3.92. The van der Waals surface area contributed by atoms with E-state index < -0.39 is 17.4 Å². The van der Waals surface area contributed by atoms with Crippen LogP contribution in [-0.4, -0.2) is 10.9 Å². The molecule has 0 unspecified atom stereocenters. The SMILES string of the molecule is O=C(/C=C/c1ccc(O)cc1)c1ccc(F)c(F)c1. The van der Waals surface area contributed by atoms with Gasteiger partial charge in [-0.25, -0.2) is 8.78 Å². The van der Waals surface area contributed by atoms with E-state index in [4.69, 9.17) is 5.11 Å². The molecule has 2 rings (SSSR count). The quantitative estimate of drug-likeness (QED) is 0.676. The van der Waals surface area contributed by atoms with Gasteiger partial charge in [0.05, 0.1) is 0 Å². The van der Waals surface area contributed by atoms with Crippen LogP contribution in [0.3, 0.4) is 0 Å². The maximum Gasteiger partial charge on any atom is 0.185 e. The number of allylic oxidation sites excluding steroid dienone is 1. The summed E-state index contributed by atoms with van der Waals surface area (Å²) in [5, 5.41) is 9.10. The summed E-state index contributed by atoms with van der Waals surface area (Å²) in [5.41, 5.74) is 0.794. The standard InChI is InChI=1S/C15H10F2O2/c16-13-7-4-11(9-14(13)17)15(19)8-3-10-1-5-12(18)6-2-10/h1-9,18H/b8-3+. The van der Waals surface area contributed by atoms with Gasteiger partial charge in [-0.1, -0.05) is 18.2 Å². The number of benzene rings is 2. The zero-order chi connectivity index (χ0) is 13.8. The van der Waals surface area contributed by atoms with Crippen LogP contribution in [0.15, 0.2) is 48.5 Å². The van der Waals surface area contributed by atoms with E-state index in [9.17, 15) is 13.6 Å². The molecule has 0 saturated carbocycles. The molecule has 0 heterocycles. The second kappa shape index (κ2) is 5.44. The van der Waals surface area contributed by atoms with Crippen LogP contribution in [0, 0.1) is 11.6 Å². The zero-order valence-electron chi connectivity index (χ0n) is 9.81. The summed E-state index contributed by atoms with van der Waals surface area (Å²) in [5.74, 6) is -2.33. The molecule has 4 heteroatoms. The third-order valence-corrected chi connectivity index (χ3v) is 2.52. The van der Waals surface area contributed by atoms with Gasteiger partial charge in [0, 0.05) is 5.56 Å². The number of halogens is 2. The number of carbonyl (C=O) groups excluding carboxylic acids is 1. The summed E-state index contributed by atoms with van der Waals surface area (Å²) in [6.45, 7) is 0. The van der Waals surface area contributed by atoms with E-state index in [1.807, 2.05) is 0 Å². The fourth-order valence-corrected chi connectivity index (χ4v) is 1.50. The summed E-state index contributed by atoms with van der Waals surface area (Å²) >= 11 is 0. The molecule has 2 nitrogen and oxygen atoms in total. The predicted octanol–water partition coefficient (Wildman–Crippen LogP) is 3.57. The van der Waals surface area contributed by atoms with Crippen molar-refractivity contribution in [3.05, 3.63) is 71.3 Å². The van der Waals surface area contributed by atoms with Crippen LogP contribution in [0.5, 0.6) is 5.75 Å². The molecular weight excluding hydrogens is 250 g/mol. The normalized spacial score (nSPS) is 10.8. The Kier molecular flexibility index (Phi) is 3.71. The number of aromatic hydroxyl groups is 1. The van der Waals surface area contributed by atoms with Crippen LogP contribution < -0.4 is 0 Å². The highest BCUT2D eigenvalue weighted by Gasteiger charge is 2.06. The molecule has 2 aromatic rings. The number of ketones is 1. The summed E-state index contributed by atoms with van der Waals surface area (Å²) in [7, 11) is 0. The highest BCUT2D eigenvalue weighted by Crippen LogP contribution is 2.13. The van der Waals surface area contributed by atoms with Crippen molar-refractivity contribution < 1.29 is 18.7 Å². The van der Waals surface area contributed by atoms with Crippen LogP contribution in [0.2, 0.25) is 0 Å². The first kappa shape index (κ1) is 13.0. The minimum Gasteiger partial charge on any atom is -0.508 e.